The number of hydrogen-bond donors (Lipinski definition) is 3. The second-order valence-electron chi connectivity index (χ2n) is 4.48. The summed E-state index contributed by atoms with van der Waals surface area (Å²) in [5.74, 6) is -0.0964. The third-order valence-corrected chi connectivity index (χ3v) is 3.17. The highest BCUT2D eigenvalue weighted by Gasteiger charge is 2.04. The van der Waals surface area contributed by atoms with Crippen molar-refractivity contribution in [2.45, 2.75) is 13.3 Å². The smallest absolute Gasteiger partial charge is 0.285 e. The fourth-order valence-electron chi connectivity index (χ4n) is 1.81. The summed E-state index contributed by atoms with van der Waals surface area (Å²) >= 11 is 5.86. The van der Waals surface area contributed by atoms with E-state index in [0.29, 0.717) is 12.2 Å². The van der Waals surface area contributed by atoms with Gasteiger partial charge in [0.25, 0.3) is 5.56 Å². The predicted octanol–water partition coefficient (Wildman–Crippen LogP) is 2.04. The molecule has 0 aliphatic carbocycles. The number of halogens is 1. The molecule has 0 fully saturated rings. The molecule has 7 heteroatoms. The molecule has 110 valence electrons. The van der Waals surface area contributed by atoms with Crippen LogP contribution in [0.15, 0.2) is 35.3 Å². The van der Waals surface area contributed by atoms with Crippen LogP contribution in [0.1, 0.15) is 12.5 Å². The molecular weight excluding hydrogens is 292 g/mol. The number of carbonyl (C=O) groups is 1. The van der Waals surface area contributed by atoms with E-state index in [-0.39, 0.29) is 10.9 Å². The molecule has 0 saturated carbocycles. The molecule has 0 aliphatic rings. The number of nitrogens with zero attached hydrogens (tertiary/aromatic N) is 1. The second kappa shape index (κ2) is 6.90. The zero-order valence-corrected chi connectivity index (χ0v) is 12.2. The number of anilines is 2. The molecule has 6 nitrogen and oxygen atoms in total. The minimum atomic E-state index is -0.415. The number of hydrogen-bond acceptors (Lipinski definition) is 4. The van der Waals surface area contributed by atoms with Crippen LogP contribution in [0.4, 0.5) is 11.4 Å². The van der Waals surface area contributed by atoms with Crippen LogP contribution in [0.25, 0.3) is 0 Å². The minimum Gasteiger partial charge on any atom is -0.382 e. The van der Waals surface area contributed by atoms with E-state index >= 15 is 0 Å². The molecule has 1 aromatic carbocycles. The van der Waals surface area contributed by atoms with Crippen molar-refractivity contribution in [1.29, 1.82) is 0 Å². The first-order chi connectivity index (χ1) is 10.1. The zero-order chi connectivity index (χ0) is 15.2. The average molecular weight is 307 g/mol. The van der Waals surface area contributed by atoms with E-state index in [0.717, 1.165) is 17.7 Å². The van der Waals surface area contributed by atoms with Gasteiger partial charge in [-0.05, 0) is 24.1 Å². The van der Waals surface area contributed by atoms with Crippen molar-refractivity contribution in [3.8, 4) is 0 Å². The normalized spacial score (nSPS) is 10.2. The monoisotopic (exact) mass is 306 g/mol. The van der Waals surface area contributed by atoms with Gasteiger partial charge in [0.15, 0.2) is 0 Å². The first-order valence-corrected chi connectivity index (χ1v) is 6.77. The highest BCUT2D eigenvalue weighted by atomic mass is 35.5. The zero-order valence-electron chi connectivity index (χ0n) is 11.4. The highest BCUT2D eigenvalue weighted by Crippen LogP contribution is 2.15. The quantitative estimate of drug-likeness (QED) is 0.789. The van der Waals surface area contributed by atoms with Crippen molar-refractivity contribution in [2.75, 3.05) is 17.2 Å². The molecule has 21 heavy (non-hydrogen) atoms. The van der Waals surface area contributed by atoms with Crippen LogP contribution in [0.2, 0.25) is 5.02 Å². The largest absolute Gasteiger partial charge is 0.382 e. The Bertz CT molecular complexity index is 682. The third-order valence-electron chi connectivity index (χ3n) is 2.80. The molecule has 0 aliphatic heterocycles. The van der Waals surface area contributed by atoms with E-state index in [1.807, 2.05) is 24.3 Å². The van der Waals surface area contributed by atoms with Crippen LogP contribution in [0.3, 0.4) is 0 Å². The van der Waals surface area contributed by atoms with Crippen LogP contribution in [0, 0.1) is 0 Å². The van der Waals surface area contributed by atoms with Crippen LogP contribution >= 0.6 is 11.6 Å². The summed E-state index contributed by atoms with van der Waals surface area (Å²) in [5, 5.41) is 11.8. The van der Waals surface area contributed by atoms with Gasteiger partial charge >= 0.3 is 0 Å². The highest BCUT2D eigenvalue weighted by molar-refractivity contribution is 6.32. The summed E-state index contributed by atoms with van der Waals surface area (Å²) in [6, 6.07) is 7.56. The number of amides is 1. The lowest BCUT2D eigenvalue weighted by Gasteiger charge is -2.08. The average Bonchev–Trinajstić information content (AvgIpc) is 2.45. The lowest BCUT2D eigenvalue weighted by molar-refractivity contribution is -0.114. The number of carbonyl (C=O) groups excluding carboxylic acids is 1. The topological polar surface area (TPSA) is 86.9 Å². The number of benzene rings is 1. The molecule has 1 heterocycles. The van der Waals surface area contributed by atoms with Crippen LogP contribution in [0.5, 0.6) is 0 Å². The Hall–Kier alpha value is -2.34. The Kier molecular flexibility index (Phi) is 4.94. The van der Waals surface area contributed by atoms with E-state index in [2.05, 4.69) is 20.8 Å². The van der Waals surface area contributed by atoms with Gasteiger partial charge in [0.05, 0.1) is 11.9 Å². The molecule has 0 atom stereocenters. The standard InChI is InChI=1S/C14H15ClN4O2/c1-9(20)18-11-4-2-10(3-5-11)6-7-16-12-8-17-19-14(21)13(12)15/h2-5,8H,6-7H2,1H3,(H,18,20)(H2,16,19,21). The molecule has 0 saturated heterocycles. The SMILES string of the molecule is CC(=O)Nc1ccc(CCNc2cn[nH]c(=O)c2Cl)cc1. The first-order valence-electron chi connectivity index (χ1n) is 6.40. The Balaban J connectivity index is 1.90. The van der Waals surface area contributed by atoms with Gasteiger partial charge in [-0.3, -0.25) is 9.59 Å². The van der Waals surface area contributed by atoms with E-state index in [4.69, 9.17) is 11.6 Å². The van der Waals surface area contributed by atoms with Gasteiger partial charge in [-0.2, -0.15) is 5.10 Å². The minimum absolute atomic E-state index is 0.0964. The molecule has 0 bridgehead atoms. The third kappa shape index (κ3) is 4.32. The van der Waals surface area contributed by atoms with Crippen LogP contribution in [-0.4, -0.2) is 22.6 Å². The maximum atomic E-state index is 11.3. The summed E-state index contributed by atoms with van der Waals surface area (Å²) in [7, 11) is 0. The number of nitrogens with one attached hydrogen (secondary N) is 3. The van der Waals surface area contributed by atoms with E-state index < -0.39 is 5.56 Å². The number of aromatic amines is 1. The lowest BCUT2D eigenvalue weighted by atomic mass is 10.1. The van der Waals surface area contributed by atoms with Gasteiger partial charge in [0.1, 0.15) is 5.02 Å². The van der Waals surface area contributed by atoms with Gasteiger partial charge in [0.2, 0.25) is 5.91 Å². The second-order valence-corrected chi connectivity index (χ2v) is 4.86. The van der Waals surface area contributed by atoms with Gasteiger partial charge < -0.3 is 10.6 Å². The summed E-state index contributed by atoms with van der Waals surface area (Å²) < 4.78 is 0. The molecule has 0 unspecified atom stereocenters. The van der Waals surface area contributed by atoms with Gasteiger partial charge in [-0.1, -0.05) is 23.7 Å². The molecular formula is C14H15ClN4O2. The molecule has 0 radical (unpaired) electrons. The Morgan fingerprint density at radius 3 is 2.71 bits per heavy atom. The Labute approximate surface area is 126 Å². The molecule has 3 N–H and O–H groups in total. The number of H-pyrrole nitrogens is 1. The maximum Gasteiger partial charge on any atom is 0.285 e. The van der Waals surface area contributed by atoms with E-state index in [1.54, 1.807) is 0 Å². The summed E-state index contributed by atoms with van der Waals surface area (Å²) in [6.07, 6.45) is 2.23. The summed E-state index contributed by atoms with van der Waals surface area (Å²) in [6.45, 7) is 2.08. The Morgan fingerprint density at radius 1 is 1.33 bits per heavy atom. The molecule has 1 amide bonds. The fraction of sp³-hybridized carbons (Fsp3) is 0.214. The molecule has 1 aromatic heterocycles. The predicted molar refractivity (Wildman–Crippen MR) is 82.8 cm³/mol. The van der Waals surface area contributed by atoms with Crippen molar-refractivity contribution >= 4 is 28.9 Å². The summed E-state index contributed by atoms with van der Waals surface area (Å²) in [5.41, 5.74) is 1.96. The molecule has 2 rings (SSSR count). The molecule has 0 spiro atoms. The van der Waals surface area contributed by atoms with Gasteiger partial charge in [0, 0.05) is 19.2 Å². The van der Waals surface area contributed by atoms with Crippen molar-refractivity contribution in [3.05, 3.63) is 51.4 Å². The Morgan fingerprint density at radius 2 is 2.05 bits per heavy atom. The van der Waals surface area contributed by atoms with Crippen molar-refractivity contribution in [1.82, 2.24) is 10.2 Å². The first kappa shape index (κ1) is 15.1. The van der Waals surface area contributed by atoms with E-state index in [9.17, 15) is 9.59 Å². The molecule has 2 aromatic rings. The van der Waals surface area contributed by atoms with Crippen molar-refractivity contribution in [2.24, 2.45) is 0 Å². The maximum absolute atomic E-state index is 11.3. The van der Waals surface area contributed by atoms with Gasteiger partial charge in [-0.25, -0.2) is 5.10 Å². The van der Waals surface area contributed by atoms with Gasteiger partial charge in [-0.15, -0.1) is 0 Å². The fourth-order valence-corrected chi connectivity index (χ4v) is 1.96. The number of rotatable bonds is 5. The van der Waals surface area contributed by atoms with Crippen LogP contribution < -0.4 is 16.2 Å². The summed E-state index contributed by atoms with van der Waals surface area (Å²) in [4.78, 5) is 22.2. The van der Waals surface area contributed by atoms with Crippen molar-refractivity contribution in [3.63, 3.8) is 0 Å². The number of aromatic nitrogens is 2. The lowest BCUT2D eigenvalue weighted by Crippen LogP contribution is -2.13. The van der Waals surface area contributed by atoms with Crippen molar-refractivity contribution < 1.29 is 4.79 Å². The van der Waals surface area contributed by atoms with Crippen LogP contribution in [-0.2, 0) is 11.2 Å². The van der Waals surface area contributed by atoms with E-state index in [1.165, 1.54) is 13.1 Å².